The first-order valence-electron chi connectivity index (χ1n) is 5.68. The largest absolute Gasteiger partial charge is 0.381 e. The average molecular weight is 206 g/mol. The van der Waals surface area contributed by atoms with E-state index in [2.05, 4.69) is 23.8 Å². The van der Waals surface area contributed by atoms with Gasteiger partial charge < -0.3 is 4.74 Å². The fraction of sp³-hybridized carbons (Fsp3) is 0.667. The van der Waals surface area contributed by atoms with E-state index in [0.29, 0.717) is 11.8 Å². The molecule has 0 atom stereocenters. The van der Waals surface area contributed by atoms with Gasteiger partial charge in [-0.25, -0.2) is 9.97 Å². The zero-order valence-electron chi connectivity index (χ0n) is 9.44. The van der Waals surface area contributed by atoms with Gasteiger partial charge in [0.05, 0.1) is 0 Å². The maximum atomic E-state index is 5.34. The van der Waals surface area contributed by atoms with Crippen molar-refractivity contribution in [3.63, 3.8) is 0 Å². The highest BCUT2D eigenvalue weighted by molar-refractivity contribution is 5.09. The van der Waals surface area contributed by atoms with Crippen LogP contribution in [-0.2, 0) is 4.74 Å². The summed E-state index contributed by atoms with van der Waals surface area (Å²) in [4.78, 5) is 9.01. The molecule has 1 aromatic heterocycles. The van der Waals surface area contributed by atoms with Crippen LogP contribution in [0.25, 0.3) is 0 Å². The van der Waals surface area contributed by atoms with Gasteiger partial charge in [0.1, 0.15) is 5.82 Å². The summed E-state index contributed by atoms with van der Waals surface area (Å²) in [6.45, 7) is 6.02. The molecule has 0 radical (unpaired) electrons. The first-order chi connectivity index (χ1) is 7.27. The Morgan fingerprint density at radius 3 is 2.73 bits per heavy atom. The summed E-state index contributed by atoms with van der Waals surface area (Å²) in [7, 11) is 0. The summed E-state index contributed by atoms with van der Waals surface area (Å²) in [6.07, 6.45) is 4.00. The lowest BCUT2D eigenvalue weighted by atomic mass is 9.99. The number of rotatable bonds is 2. The molecular formula is C12H18N2O. The smallest absolute Gasteiger partial charge is 0.131 e. The Hall–Kier alpha value is -0.960. The number of hydrogen-bond acceptors (Lipinski definition) is 3. The molecule has 15 heavy (non-hydrogen) atoms. The van der Waals surface area contributed by atoms with Gasteiger partial charge in [-0.3, -0.25) is 0 Å². The molecule has 3 heteroatoms. The van der Waals surface area contributed by atoms with Gasteiger partial charge in [-0.15, -0.1) is 0 Å². The minimum absolute atomic E-state index is 0.478. The molecule has 1 aromatic rings. The van der Waals surface area contributed by atoms with Crippen molar-refractivity contribution >= 4 is 0 Å². The van der Waals surface area contributed by atoms with Crippen LogP contribution in [0.3, 0.4) is 0 Å². The molecule has 0 N–H and O–H groups in total. The molecule has 0 aromatic carbocycles. The van der Waals surface area contributed by atoms with Gasteiger partial charge in [-0.05, 0) is 24.8 Å². The Bertz CT molecular complexity index is 319. The van der Waals surface area contributed by atoms with Crippen molar-refractivity contribution in [2.45, 2.75) is 38.5 Å². The van der Waals surface area contributed by atoms with Gasteiger partial charge in [0.25, 0.3) is 0 Å². The third-order valence-corrected chi connectivity index (χ3v) is 2.87. The number of nitrogens with zero attached hydrogens (tertiary/aromatic N) is 2. The van der Waals surface area contributed by atoms with Gasteiger partial charge in [0.2, 0.25) is 0 Å². The molecule has 1 aliphatic rings. The van der Waals surface area contributed by atoms with Crippen LogP contribution >= 0.6 is 0 Å². The predicted octanol–water partition coefficient (Wildman–Crippen LogP) is 2.49. The number of aromatic nitrogens is 2. The molecular weight excluding hydrogens is 188 g/mol. The zero-order valence-corrected chi connectivity index (χ0v) is 9.44. The minimum atomic E-state index is 0.478. The molecule has 1 fully saturated rings. The molecule has 82 valence electrons. The van der Waals surface area contributed by atoms with Gasteiger partial charge in [-0.2, -0.15) is 0 Å². The summed E-state index contributed by atoms with van der Waals surface area (Å²) in [5.74, 6) is 1.98. The van der Waals surface area contributed by atoms with E-state index in [-0.39, 0.29) is 0 Å². The highest BCUT2D eigenvalue weighted by Crippen LogP contribution is 2.24. The Morgan fingerprint density at radius 1 is 1.33 bits per heavy atom. The Labute approximate surface area is 90.9 Å². The van der Waals surface area contributed by atoms with Crippen LogP contribution in [0.2, 0.25) is 0 Å². The zero-order chi connectivity index (χ0) is 10.7. The van der Waals surface area contributed by atoms with Crippen molar-refractivity contribution in [2.24, 2.45) is 0 Å². The molecule has 0 spiro atoms. The molecule has 0 saturated carbocycles. The van der Waals surface area contributed by atoms with Crippen LogP contribution in [0.4, 0.5) is 0 Å². The maximum absolute atomic E-state index is 5.34. The summed E-state index contributed by atoms with van der Waals surface area (Å²) in [5, 5.41) is 0. The van der Waals surface area contributed by atoms with Gasteiger partial charge in [-0.1, -0.05) is 13.8 Å². The maximum Gasteiger partial charge on any atom is 0.131 e. The third-order valence-electron chi connectivity index (χ3n) is 2.87. The molecule has 3 nitrogen and oxygen atoms in total. The highest BCUT2D eigenvalue weighted by atomic mass is 16.5. The van der Waals surface area contributed by atoms with E-state index in [0.717, 1.165) is 37.6 Å². The Balaban J connectivity index is 2.16. The van der Waals surface area contributed by atoms with E-state index in [9.17, 15) is 0 Å². The second kappa shape index (κ2) is 4.71. The monoisotopic (exact) mass is 206 g/mol. The lowest BCUT2D eigenvalue weighted by Gasteiger charge is -2.21. The quantitative estimate of drug-likeness (QED) is 0.745. The first-order valence-corrected chi connectivity index (χ1v) is 5.68. The highest BCUT2D eigenvalue weighted by Gasteiger charge is 2.18. The average Bonchev–Trinajstić information content (AvgIpc) is 2.30. The van der Waals surface area contributed by atoms with Crippen LogP contribution in [0.1, 0.15) is 50.0 Å². The SMILES string of the molecule is CC(C)c1ccnc(C2CCOCC2)n1. The fourth-order valence-corrected chi connectivity index (χ4v) is 1.86. The van der Waals surface area contributed by atoms with E-state index < -0.39 is 0 Å². The van der Waals surface area contributed by atoms with Gasteiger partial charge in [0, 0.05) is 31.0 Å². The van der Waals surface area contributed by atoms with Crippen LogP contribution < -0.4 is 0 Å². The molecule has 0 aliphatic carbocycles. The van der Waals surface area contributed by atoms with Gasteiger partial charge >= 0.3 is 0 Å². The van der Waals surface area contributed by atoms with E-state index in [4.69, 9.17) is 4.74 Å². The van der Waals surface area contributed by atoms with E-state index >= 15 is 0 Å². The van der Waals surface area contributed by atoms with E-state index in [1.54, 1.807) is 0 Å². The molecule has 0 bridgehead atoms. The normalized spacial score (nSPS) is 18.3. The standard InChI is InChI=1S/C12H18N2O/c1-9(2)11-3-6-13-12(14-11)10-4-7-15-8-5-10/h3,6,9-10H,4-5,7-8H2,1-2H3. The predicted molar refractivity (Wildman–Crippen MR) is 58.9 cm³/mol. The summed E-state index contributed by atoms with van der Waals surface area (Å²) in [5.41, 5.74) is 1.14. The van der Waals surface area contributed by atoms with Crippen LogP contribution in [0.15, 0.2) is 12.3 Å². The van der Waals surface area contributed by atoms with Crippen molar-refractivity contribution in [3.05, 3.63) is 23.8 Å². The summed E-state index contributed by atoms with van der Waals surface area (Å²) >= 11 is 0. The molecule has 2 heterocycles. The van der Waals surface area contributed by atoms with Crippen LogP contribution in [0, 0.1) is 0 Å². The minimum Gasteiger partial charge on any atom is -0.381 e. The van der Waals surface area contributed by atoms with Crippen molar-refractivity contribution < 1.29 is 4.74 Å². The van der Waals surface area contributed by atoms with Gasteiger partial charge in [0.15, 0.2) is 0 Å². The lowest BCUT2D eigenvalue weighted by molar-refractivity contribution is 0.0835. The molecule has 2 rings (SSSR count). The number of ether oxygens (including phenoxy) is 1. The van der Waals surface area contributed by atoms with E-state index in [1.165, 1.54) is 0 Å². The van der Waals surface area contributed by atoms with Crippen molar-refractivity contribution in [2.75, 3.05) is 13.2 Å². The topological polar surface area (TPSA) is 35.0 Å². The number of hydrogen-bond donors (Lipinski definition) is 0. The second-order valence-electron chi connectivity index (χ2n) is 4.38. The molecule has 1 aliphatic heterocycles. The Morgan fingerprint density at radius 2 is 2.07 bits per heavy atom. The van der Waals surface area contributed by atoms with E-state index in [1.807, 2.05) is 12.3 Å². The first kappa shape index (κ1) is 10.6. The summed E-state index contributed by atoms with van der Waals surface area (Å²) in [6, 6.07) is 2.01. The van der Waals surface area contributed by atoms with Crippen molar-refractivity contribution in [1.82, 2.24) is 9.97 Å². The molecule has 1 saturated heterocycles. The van der Waals surface area contributed by atoms with Crippen molar-refractivity contribution in [3.8, 4) is 0 Å². The molecule has 0 amide bonds. The summed E-state index contributed by atoms with van der Waals surface area (Å²) < 4.78 is 5.34. The van der Waals surface area contributed by atoms with Crippen LogP contribution in [-0.4, -0.2) is 23.2 Å². The molecule has 0 unspecified atom stereocenters. The third kappa shape index (κ3) is 2.53. The van der Waals surface area contributed by atoms with Crippen molar-refractivity contribution in [1.29, 1.82) is 0 Å². The fourth-order valence-electron chi connectivity index (χ4n) is 1.86. The van der Waals surface area contributed by atoms with Crippen LogP contribution in [0.5, 0.6) is 0 Å². The second-order valence-corrected chi connectivity index (χ2v) is 4.38. The Kier molecular flexibility index (Phi) is 3.31. The lowest BCUT2D eigenvalue weighted by Crippen LogP contribution is -2.16.